The van der Waals surface area contributed by atoms with Gasteiger partial charge in [-0.3, -0.25) is 4.79 Å². The Morgan fingerprint density at radius 2 is 1.90 bits per heavy atom. The summed E-state index contributed by atoms with van der Waals surface area (Å²) in [5.74, 6) is -1.26. The van der Waals surface area contributed by atoms with Crippen LogP contribution in [0.25, 0.3) is 0 Å². The van der Waals surface area contributed by atoms with Crippen molar-refractivity contribution in [3.05, 3.63) is 58.9 Å². The van der Waals surface area contributed by atoms with Crippen molar-refractivity contribution in [3.63, 3.8) is 0 Å². The molecule has 0 spiro atoms. The number of benzene rings is 2. The number of rotatable bonds is 3. The third kappa shape index (κ3) is 3.80. The molecule has 0 aliphatic rings. The van der Waals surface area contributed by atoms with Gasteiger partial charge >= 0.3 is 0 Å². The zero-order chi connectivity index (χ0) is 15.6. The highest BCUT2D eigenvalue weighted by atomic mass is 35.5. The molecule has 21 heavy (non-hydrogen) atoms. The first-order valence-electron chi connectivity index (χ1n) is 5.84. The van der Waals surface area contributed by atoms with E-state index in [9.17, 15) is 17.6 Å². The van der Waals surface area contributed by atoms with E-state index in [4.69, 9.17) is 11.6 Å². The summed E-state index contributed by atoms with van der Waals surface area (Å²) in [4.78, 5) is 12.1. The van der Waals surface area contributed by atoms with E-state index in [-0.39, 0.29) is 21.2 Å². The molecule has 0 fully saturated rings. The van der Waals surface area contributed by atoms with Crippen LogP contribution >= 0.6 is 11.6 Å². The summed E-state index contributed by atoms with van der Waals surface area (Å²) in [6, 6.07) is 9.25. The van der Waals surface area contributed by atoms with E-state index in [1.807, 2.05) is 0 Å². The average molecular weight is 328 g/mol. The third-order valence-electron chi connectivity index (χ3n) is 2.70. The quantitative estimate of drug-likeness (QED) is 0.942. The van der Waals surface area contributed by atoms with Gasteiger partial charge in [0.15, 0.2) is 9.84 Å². The highest BCUT2D eigenvalue weighted by Crippen LogP contribution is 2.20. The molecule has 0 aromatic heterocycles. The van der Waals surface area contributed by atoms with Crippen molar-refractivity contribution >= 4 is 33.0 Å². The maximum Gasteiger partial charge on any atom is 0.255 e. The molecule has 1 N–H and O–H groups in total. The van der Waals surface area contributed by atoms with E-state index in [0.717, 1.165) is 12.3 Å². The normalized spacial score (nSPS) is 11.2. The molecule has 2 aromatic carbocycles. The van der Waals surface area contributed by atoms with E-state index >= 15 is 0 Å². The average Bonchev–Trinajstić information content (AvgIpc) is 2.42. The van der Waals surface area contributed by atoms with Crippen LogP contribution in [-0.4, -0.2) is 20.6 Å². The number of hydrogen-bond acceptors (Lipinski definition) is 3. The third-order valence-corrected chi connectivity index (χ3v) is 4.05. The summed E-state index contributed by atoms with van der Waals surface area (Å²) >= 11 is 5.73. The molecule has 0 radical (unpaired) electrons. The maximum absolute atomic E-state index is 13.5. The minimum absolute atomic E-state index is 0.0155. The Bertz CT molecular complexity index is 806. The van der Waals surface area contributed by atoms with Gasteiger partial charge < -0.3 is 5.32 Å². The fraction of sp³-hybridized carbons (Fsp3) is 0.0714. The van der Waals surface area contributed by atoms with Crippen LogP contribution in [0.1, 0.15) is 10.4 Å². The monoisotopic (exact) mass is 327 g/mol. The number of carbonyl (C=O) groups is 1. The Labute approximate surface area is 126 Å². The molecule has 0 unspecified atom stereocenters. The lowest BCUT2D eigenvalue weighted by Gasteiger charge is -2.08. The molecule has 0 aliphatic carbocycles. The second-order valence-corrected chi connectivity index (χ2v) is 6.83. The zero-order valence-electron chi connectivity index (χ0n) is 10.9. The minimum Gasteiger partial charge on any atom is -0.319 e. The molecule has 0 aliphatic heterocycles. The molecule has 2 aromatic rings. The van der Waals surface area contributed by atoms with Crippen molar-refractivity contribution in [3.8, 4) is 0 Å². The van der Waals surface area contributed by atoms with Crippen LogP contribution < -0.4 is 5.32 Å². The van der Waals surface area contributed by atoms with E-state index in [0.29, 0.717) is 0 Å². The minimum atomic E-state index is -3.42. The Morgan fingerprint density at radius 1 is 1.19 bits per heavy atom. The highest BCUT2D eigenvalue weighted by molar-refractivity contribution is 7.90. The van der Waals surface area contributed by atoms with Crippen molar-refractivity contribution in [2.45, 2.75) is 4.90 Å². The molecule has 0 atom stereocenters. The van der Waals surface area contributed by atoms with E-state index in [1.165, 1.54) is 36.4 Å². The predicted molar refractivity (Wildman–Crippen MR) is 78.9 cm³/mol. The maximum atomic E-state index is 13.5. The van der Waals surface area contributed by atoms with Crippen molar-refractivity contribution in [2.24, 2.45) is 0 Å². The van der Waals surface area contributed by atoms with E-state index < -0.39 is 21.6 Å². The molecule has 2 rings (SSSR count). The largest absolute Gasteiger partial charge is 0.319 e. The first-order valence-corrected chi connectivity index (χ1v) is 8.11. The van der Waals surface area contributed by atoms with Gasteiger partial charge in [-0.05, 0) is 36.4 Å². The number of anilines is 1. The highest BCUT2D eigenvalue weighted by Gasteiger charge is 2.13. The molecule has 0 saturated heterocycles. The standard InChI is InChI=1S/C14H11ClFNO3S/c1-21(19,20)11-4-2-3-9(7-11)14(18)17-13-8-10(15)5-6-12(13)16/h2-8H,1H3,(H,17,18). The van der Waals surface area contributed by atoms with Crippen LogP contribution in [0.15, 0.2) is 47.4 Å². The summed E-state index contributed by atoms with van der Waals surface area (Å²) < 4.78 is 36.5. The van der Waals surface area contributed by atoms with E-state index in [1.54, 1.807) is 0 Å². The van der Waals surface area contributed by atoms with Crippen LogP contribution in [0.5, 0.6) is 0 Å². The van der Waals surface area contributed by atoms with Gasteiger partial charge in [0, 0.05) is 16.8 Å². The number of amides is 1. The Hall–Kier alpha value is -1.92. The fourth-order valence-corrected chi connectivity index (χ4v) is 2.49. The van der Waals surface area contributed by atoms with Crippen LogP contribution in [0.4, 0.5) is 10.1 Å². The van der Waals surface area contributed by atoms with E-state index in [2.05, 4.69) is 5.32 Å². The molecule has 0 saturated carbocycles. The number of hydrogen-bond donors (Lipinski definition) is 1. The molecule has 4 nitrogen and oxygen atoms in total. The van der Waals surface area contributed by atoms with Gasteiger partial charge in [0.25, 0.3) is 5.91 Å². The lowest BCUT2D eigenvalue weighted by Crippen LogP contribution is -2.13. The summed E-state index contributed by atoms with van der Waals surface area (Å²) in [6.45, 7) is 0. The second kappa shape index (κ2) is 5.83. The molecule has 0 heterocycles. The predicted octanol–water partition coefficient (Wildman–Crippen LogP) is 3.13. The lowest BCUT2D eigenvalue weighted by molar-refractivity contribution is 0.102. The van der Waals surface area contributed by atoms with Gasteiger partial charge in [0.1, 0.15) is 5.82 Å². The molecular formula is C14H11ClFNO3S. The van der Waals surface area contributed by atoms with Crippen LogP contribution in [0.3, 0.4) is 0 Å². The molecule has 110 valence electrons. The smallest absolute Gasteiger partial charge is 0.255 e. The number of carbonyl (C=O) groups excluding carboxylic acids is 1. The van der Waals surface area contributed by atoms with Crippen molar-refractivity contribution in [2.75, 3.05) is 11.6 Å². The van der Waals surface area contributed by atoms with Gasteiger partial charge in [-0.25, -0.2) is 12.8 Å². The number of nitrogens with one attached hydrogen (secondary N) is 1. The first kappa shape index (κ1) is 15.5. The summed E-state index contributed by atoms with van der Waals surface area (Å²) in [6.07, 6.45) is 1.04. The van der Waals surface area contributed by atoms with Crippen LogP contribution in [0, 0.1) is 5.82 Å². The molecular weight excluding hydrogens is 317 g/mol. The number of sulfone groups is 1. The van der Waals surface area contributed by atoms with Crippen molar-refractivity contribution in [1.29, 1.82) is 0 Å². The Kier molecular flexibility index (Phi) is 4.29. The van der Waals surface area contributed by atoms with Gasteiger partial charge in [-0.2, -0.15) is 0 Å². The first-order chi connectivity index (χ1) is 9.77. The summed E-state index contributed by atoms with van der Waals surface area (Å²) in [7, 11) is -3.42. The van der Waals surface area contributed by atoms with Gasteiger partial charge in [0.05, 0.1) is 10.6 Å². The topological polar surface area (TPSA) is 63.2 Å². The Balaban J connectivity index is 2.31. The summed E-state index contributed by atoms with van der Waals surface area (Å²) in [5.41, 5.74) is 0.0366. The number of halogens is 2. The van der Waals surface area contributed by atoms with Crippen LogP contribution in [0.2, 0.25) is 5.02 Å². The fourth-order valence-electron chi connectivity index (χ4n) is 1.66. The SMILES string of the molecule is CS(=O)(=O)c1cccc(C(=O)Nc2cc(Cl)ccc2F)c1. The zero-order valence-corrected chi connectivity index (χ0v) is 12.5. The molecule has 7 heteroatoms. The summed E-state index contributed by atoms with van der Waals surface area (Å²) in [5, 5.41) is 2.63. The molecule has 0 bridgehead atoms. The Morgan fingerprint density at radius 3 is 2.57 bits per heavy atom. The second-order valence-electron chi connectivity index (χ2n) is 4.38. The van der Waals surface area contributed by atoms with Gasteiger partial charge in [-0.1, -0.05) is 17.7 Å². The van der Waals surface area contributed by atoms with Crippen molar-refractivity contribution in [1.82, 2.24) is 0 Å². The van der Waals surface area contributed by atoms with Crippen molar-refractivity contribution < 1.29 is 17.6 Å². The lowest BCUT2D eigenvalue weighted by atomic mass is 10.2. The van der Waals surface area contributed by atoms with Crippen LogP contribution in [-0.2, 0) is 9.84 Å². The van der Waals surface area contributed by atoms with Gasteiger partial charge in [0.2, 0.25) is 0 Å². The molecule has 1 amide bonds. The van der Waals surface area contributed by atoms with Gasteiger partial charge in [-0.15, -0.1) is 0 Å².